The Kier molecular flexibility index (Phi) is 5.84. The smallest absolute Gasteiger partial charge is 0.219 e. The van der Waals surface area contributed by atoms with Crippen molar-refractivity contribution < 1.29 is 17.8 Å². The molecule has 0 unspecified atom stereocenters. The summed E-state index contributed by atoms with van der Waals surface area (Å²) in [6.07, 6.45) is 11.4. The number of nitrogens with zero attached hydrogens (tertiary/aromatic N) is 1. The third kappa shape index (κ3) is 3.83. The Morgan fingerprint density at radius 1 is 0.744 bits per heavy atom. The van der Waals surface area contributed by atoms with Gasteiger partial charge >= 0.3 is 0 Å². The molecule has 7 rings (SSSR count). The summed E-state index contributed by atoms with van der Waals surface area (Å²) in [7, 11) is 1.92. The zero-order chi connectivity index (χ0) is 26.8. The van der Waals surface area contributed by atoms with Crippen molar-refractivity contribution in [1.29, 1.82) is 0 Å². The van der Waals surface area contributed by atoms with Gasteiger partial charge in [-0.05, 0) is 91.8 Å². The number of rotatable bonds is 3. The Labute approximate surface area is 228 Å². The molecule has 0 radical (unpaired) electrons. The molecule has 2 aromatic heterocycles. The molecule has 2 aliphatic carbocycles. The minimum atomic E-state index is -0.258. The fraction of sp³-hybridized carbons (Fsp3) is 0.343. The summed E-state index contributed by atoms with van der Waals surface area (Å²) >= 11 is 0. The molecule has 3 aromatic carbocycles. The second-order valence-corrected chi connectivity index (χ2v) is 11.7. The monoisotopic (exact) mass is 522 g/mol. The first-order valence-corrected chi connectivity index (χ1v) is 14.4. The van der Waals surface area contributed by atoms with Gasteiger partial charge in [0, 0.05) is 22.4 Å². The maximum absolute atomic E-state index is 15.8. The van der Waals surface area contributed by atoms with Crippen LogP contribution >= 0.6 is 0 Å². The van der Waals surface area contributed by atoms with E-state index < -0.39 is 0 Å². The summed E-state index contributed by atoms with van der Waals surface area (Å²) in [6.45, 7) is 3.78. The maximum atomic E-state index is 15.8. The van der Waals surface area contributed by atoms with Crippen molar-refractivity contribution in [2.24, 2.45) is 7.05 Å². The zero-order valence-electron chi connectivity index (χ0n) is 23.0. The molecule has 1 fully saturated rings. The third-order valence-corrected chi connectivity index (χ3v) is 9.27. The van der Waals surface area contributed by atoms with E-state index in [1.807, 2.05) is 36.7 Å². The van der Waals surface area contributed by atoms with Crippen molar-refractivity contribution in [3.63, 3.8) is 0 Å². The van der Waals surface area contributed by atoms with Crippen LogP contribution in [0, 0.1) is 25.5 Å². The molecule has 4 heteroatoms. The lowest BCUT2D eigenvalue weighted by atomic mass is 9.80. The number of furan rings is 1. The minimum Gasteiger partial charge on any atom is -0.454 e. The van der Waals surface area contributed by atoms with Gasteiger partial charge in [-0.1, -0.05) is 43.5 Å². The minimum absolute atomic E-state index is 0.254. The van der Waals surface area contributed by atoms with E-state index in [0.717, 1.165) is 52.4 Å². The lowest BCUT2D eigenvalue weighted by molar-refractivity contribution is -0.661. The Hall–Kier alpha value is -3.53. The van der Waals surface area contributed by atoms with E-state index >= 15 is 4.39 Å². The van der Waals surface area contributed by atoms with Gasteiger partial charge in [0.2, 0.25) is 5.69 Å². The van der Waals surface area contributed by atoms with E-state index in [-0.39, 0.29) is 11.6 Å². The molecule has 0 atom stereocenters. The van der Waals surface area contributed by atoms with E-state index in [4.69, 9.17) is 4.42 Å². The van der Waals surface area contributed by atoms with E-state index in [2.05, 4.69) is 12.1 Å². The van der Waals surface area contributed by atoms with Crippen molar-refractivity contribution >= 4 is 21.9 Å². The second kappa shape index (κ2) is 9.29. The summed E-state index contributed by atoms with van der Waals surface area (Å²) in [5, 5.41) is 1.81. The summed E-state index contributed by atoms with van der Waals surface area (Å²) in [6, 6.07) is 13.5. The summed E-state index contributed by atoms with van der Waals surface area (Å²) in [4.78, 5) is 0. The van der Waals surface area contributed by atoms with Gasteiger partial charge in [0.25, 0.3) is 0 Å². The normalized spacial score (nSPS) is 15.9. The molecule has 0 saturated heterocycles. The first-order chi connectivity index (χ1) is 18.9. The van der Waals surface area contributed by atoms with E-state index in [0.29, 0.717) is 28.2 Å². The number of fused-ring (bicyclic) bond motifs is 4. The molecular weight excluding hydrogens is 488 g/mol. The fourth-order valence-electron chi connectivity index (χ4n) is 7.32. The average Bonchev–Trinajstić information content (AvgIpc) is 3.57. The molecule has 39 heavy (non-hydrogen) atoms. The van der Waals surface area contributed by atoms with Crippen LogP contribution in [0.25, 0.3) is 44.3 Å². The molecule has 0 amide bonds. The number of hydrogen-bond acceptors (Lipinski definition) is 1. The molecule has 0 spiro atoms. The summed E-state index contributed by atoms with van der Waals surface area (Å²) < 4.78 is 39.1. The van der Waals surface area contributed by atoms with Crippen LogP contribution in [0.3, 0.4) is 0 Å². The molecular formula is C35H34F2NO+. The topological polar surface area (TPSA) is 17.0 Å². The Balaban J connectivity index is 1.47. The van der Waals surface area contributed by atoms with Gasteiger partial charge in [-0.15, -0.1) is 0 Å². The largest absolute Gasteiger partial charge is 0.454 e. The number of benzene rings is 3. The number of aromatic nitrogens is 1. The number of aryl methyl sites for hydroxylation is 3. The fourth-order valence-corrected chi connectivity index (χ4v) is 7.32. The molecule has 0 N–H and O–H groups in total. The van der Waals surface area contributed by atoms with E-state index in [1.54, 1.807) is 25.3 Å². The van der Waals surface area contributed by atoms with Gasteiger partial charge in [-0.3, -0.25) is 0 Å². The first-order valence-electron chi connectivity index (χ1n) is 14.4. The number of hydrogen-bond donors (Lipinski definition) is 0. The third-order valence-electron chi connectivity index (χ3n) is 9.27. The van der Waals surface area contributed by atoms with Crippen molar-refractivity contribution in [2.45, 2.75) is 71.1 Å². The predicted molar refractivity (Wildman–Crippen MR) is 153 cm³/mol. The highest BCUT2D eigenvalue weighted by Gasteiger charge is 2.29. The van der Waals surface area contributed by atoms with Crippen LogP contribution in [0.4, 0.5) is 8.78 Å². The molecule has 1 saturated carbocycles. The zero-order valence-corrected chi connectivity index (χ0v) is 23.0. The van der Waals surface area contributed by atoms with Crippen molar-refractivity contribution in [2.75, 3.05) is 0 Å². The highest BCUT2D eigenvalue weighted by Crippen LogP contribution is 2.46. The maximum Gasteiger partial charge on any atom is 0.219 e. The standard InChI is InChI=1S/C35H34F2NO/c1-20-12-13-27-28-16-17-29(36)33(35(28)39-34(27)32(20)31-18-30(37)21(2)19-38(31)3)26-15-14-23(22-8-5-4-6-9-22)24-10-7-11-25(24)26/h12-19,22H,4-11H2,1-3H3/q+1. The van der Waals surface area contributed by atoms with E-state index in [9.17, 15) is 4.39 Å². The molecule has 198 valence electrons. The van der Waals surface area contributed by atoms with Gasteiger partial charge < -0.3 is 4.42 Å². The van der Waals surface area contributed by atoms with Crippen molar-refractivity contribution in [3.8, 4) is 22.4 Å². The number of pyridine rings is 1. The van der Waals surface area contributed by atoms with Crippen LogP contribution in [0.5, 0.6) is 0 Å². The molecule has 5 aromatic rings. The molecule has 2 nitrogen and oxygen atoms in total. The van der Waals surface area contributed by atoms with Crippen molar-refractivity contribution in [3.05, 3.63) is 88.1 Å². The van der Waals surface area contributed by atoms with Crippen LogP contribution in [-0.4, -0.2) is 0 Å². The summed E-state index contributed by atoms with van der Waals surface area (Å²) in [5.74, 6) is 0.120. The molecule has 0 bridgehead atoms. The van der Waals surface area contributed by atoms with Crippen LogP contribution in [-0.2, 0) is 19.9 Å². The van der Waals surface area contributed by atoms with Crippen LogP contribution in [0.1, 0.15) is 72.3 Å². The van der Waals surface area contributed by atoms with Crippen LogP contribution in [0.15, 0.2) is 53.1 Å². The quantitative estimate of drug-likeness (QED) is 0.216. The lowest BCUT2D eigenvalue weighted by Gasteiger charge is -2.25. The highest BCUT2D eigenvalue weighted by atomic mass is 19.1. The van der Waals surface area contributed by atoms with Crippen LogP contribution < -0.4 is 4.57 Å². The average molecular weight is 523 g/mol. The Morgan fingerprint density at radius 2 is 1.46 bits per heavy atom. The van der Waals surface area contributed by atoms with Crippen molar-refractivity contribution in [1.82, 2.24) is 0 Å². The van der Waals surface area contributed by atoms with Gasteiger partial charge in [-0.25, -0.2) is 13.3 Å². The second-order valence-electron chi connectivity index (χ2n) is 11.7. The molecule has 2 heterocycles. The Bertz CT molecular complexity index is 1770. The van der Waals surface area contributed by atoms with E-state index in [1.165, 1.54) is 48.8 Å². The first kappa shape index (κ1) is 24.5. The van der Waals surface area contributed by atoms with Gasteiger partial charge in [0.05, 0.1) is 11.1 Å². The number of halogens is 2. The molecule has 0 aliphatic heterocycles. The van der Waals surface area contributed by atoms with Crippen LogP contribution in [0.2, 0.25) is 0 Å². The summed E-state index contributed by atoms with van der Waals surface area (Å²) in [5.41, 5.74) is 10.2. The van der Waals surface area contributed by atoms with Gasteiger partial charge in [0.1, 0.15) is 29.8 Å². The Morgan fingerprint density at radius 3 is 2.26 bits per heavy atom. The SMILES string of the molecule is Cc1c[n+](C)c(-c2c(C)ccc3c2oc2c(-c4ccc(C5CCCCC5)c5c4CCC5)c(F)ccc23)cc1F. The predicted octanol–water partition coefficient (Wildman–Crippen LogP) is 9.18. The van der Waals surface area contributed by atoms with Gasteiger partial charge in [-0.2, -0.15) is 0 Å². The highest BCUT2D eigenvalue weighted by molar-refractivity contribution is 6.13. The van der Waals surface area contributed by atoms with Gasteiger partial charge in [0.15, 0.2) is 6.20 Å². The molecule has 2 aliphatic rings. The lowest BCUT2D eigenvalue weighted by Crippen LogP contribution is -2.31.